The van der Waals surface area contributed by atoms with E-state index < -0.39 is 0 Å². The maximum Gasteiger partial charge on any atom is 0.251 e. The van der Waals surface area contributed by atoms with Crippen LogP contribution < -0.4 is 20.1 Å². The van der Waals surface area contributed by atoms with E-state index in [0.29, 0.717) is 35.3 Å². The molecule has 0 aliphatic heterocycles. The van der Waals surface area contributed by atoms with Gasteiger partial charge in [0.15, 0.2) is 0 Å². The molecule has 6 heteroatoms. The molecule has 2 aromatic rings. The van der Waals surface area contributed by atoms with E-state index in [1.165, 1.54) is 0 Å². The Labute approximate surface area is 142 Å². The predicted molar refractivity (Wildman–Crippen MR) is 94.2 cm³/mol. The van der Waals surface area contributed by atoms with Crippen LogP contribution in [0.25, 0.3) is 0 Å². The molecule has 128 valence electrons. The summed E-state index contributed by atoms with van der Waals surface area (Å²) in [7, 11) is 3.19. The van der Waals surface area contributed by atoms with Crippen LogP contribution in [-0.4, -0.2) is 31.7 Å². The lowest BCUT2D eigenvalue weighted by atomic mass is 10.2. The molecular weight excluding hydrogens is 306 g/mol. The average molecular weight is 329 g/mol. The third-order valence-corrected chi connectivity index (χ3v) is 3.36. The van der Waals surface area contributed by atoms with Crippen molar-refractivity contribution in [3.05, 3.63) is 42.1 Å². The van der Waals surface area contributed by atoms with Crippen LogP contribution in [0, 0.1) is 5.92 Å². The van der Waals surface area contributed by atoms with Gasteiger partial charge in [0.1, 0.15) is 17.3 Å². The third-order valence-electron chi connectivity index (χ3n) is 3.36. The number of hydrogen-bond donors (Lipinski definition) is 2. The number of carbonyl (C=O) groups excluding carboxylic acids is 1. The Morgan fingerprint density at radius 1 is 1.17 bits per heavy atom. The lowest BCUT2D eigenvalue weighted by molar-refractivity contribution is 0.0949. The van der Waals surface area contributed by atoms with Crippen LogP contribution in [0.15, 0.2) is 36.5 Å². The number of rotatable bonds is 7. The van der Waals surface area contributed by atoms with Gasteiger partial charge < -0.3 is 20.1 Å². The monoisotopic (exact) mass is 329 g/mol. The smallest absolute Gasteiger partial charge is 0.251 e. The van der Waals surface area contributed by atoms with Crippen molar-refractivity contribution in [2.45, 2.75) is 13.8 Å². The van der Waals surface area contributed by atoms with Gasteiger partial charge in [-0.25, -0.2) is 4.98 Å². The van der Waals surface area contributed by atoms with E-state index >= 15 is 0 Å². The summed E-state index contributed by atoms with van der Waals surface area (Å²) >= 11 is 0. The Morgan fingerprint density at radius 3 is 2.62 bits per heavy atom. The fourth-order valence-electron chi connectivity index (χ4n) is 2.08. The summed E-state index contributed by atoms with van der Waals surface area (Å²) in [6.45, 7) is 4.74. The molecule has 0 bridgehead atoms. The molecule has 6 nitrogen and oxygen atoms in total. The molecule has 24 heavy (non-hydrogen) atoms. The Hall–Kier alpha value is -2.76. The van der Waals surface area contributed by atoms with E-state index in [9.17, 15) is 4.79 Å². The van der Waals surface area contributed by atoms with Crippen LogP contribution in [0.5, 0.6) is 11.5 Å². The van der Waals surface area contributed by atoms with Crippen molar-refractivity contribution in [2.24, 2.45) is 5.92 Å². The first kappa shape index (κ1) is 17.6. The van der Waals surface area contributed by atoms with Gasteiger partial charge in [0.2, 0.25) is 0 Å². The third kappa shape index (κ3) is 4.62. The molecule has 0 spiro atoms. The maximum absolute atomic E-state index is 12.2. The van der Waals surface area contributed by atoms with E-state index in [2.05, 4.69) is 29.5 Å². The van der Waals surface area contributed by atoms with Gasteiger partial charge in [-0.15, -0.1) is 0 Å². The minimum atomic E-state index is -0.115. The highest BCUT2D eigenvalue weighted by molar-refractivity contribution is 5.94. The number of methoxy groups -OCH3 is 2. The molecule has 0 saturated heterocycles. The molecule has 0 fully saturated rings. The molecule has 1 amide bonds. The summed E-state index contributed by atoms with van der Waals surface area (Å²) in [5.41, 5.74) is 1.30. The first-order valence-corrected chi connectivity index (χ1v) is 7.76. The van der Waals surface area contributed by atoms with Gasteiger partial charge in [0.25, 0.3) is 5.91 Å². The van der Waals surface area contributed by atoms with Gasteiger partial charge >= 0.3 is 0 Å². The lowest BCUT2D eigenvalue weighted by Crippen LogP contribution is -2.27. The van der Waals surface area contributed by atoms with Crippen LogP contribution in [0.2, 0.25) is 0 Å². The van der Waals surface area contributed by atoms with Gasteiger partial charge in [-0.3, -0.25) is 4.79 Å². The Morgan fingerprint density at radius 2 is 1.96 bits per heavy atom. The highest BCUT2D eigenvalue weighted by atomic mass is 16.5. The van der Waals surface area contributed by atoms with Crippen LogP contribution in [0.3, 0.4) is 0 Å². The fourth-order valence-corrected chi connectivity index (χ4v) is 2.08. The summed E-state index contributed by atoms with van der Waals surface area (Å²) in [5.74, 6) is 2.18. The number of ether oxygens (including phenoxy) is 2. The molecule has 1 heterocycles. The SMILES string of the molecule is COc1ccc(Nc2cc(C(=O)NCC(C)C)ccn2)c(OC)c1. The standard InChI is InChI=1S/C18H23N3O3/c1-12(2)11-20-18(22)13-7-8-19-17(9-13)21-15-6-5-14(23-3)10-16(15)24-4/h5-10,12H,11H2,1-4H3,(H,19,21)(H,20,22). The molecule has 1 aromatic heterocycles. The number of benzene rings is 1. The van der Waals surface area contributed by atoms with Crippen molar-refractivity contribution in [1.82, 2.24) is 10.3 Å². The van der Waals surface area contributed by atoms with Crippen molar-refractivity contribution in [2.75, 3.05) is 26.1 Å². The summed E-state index contributed by atoms with van der Waals surface area (Å²) in [5, 5.41) is 6.05. The first-order chi connectivity index (χ1) is 11.5. The zero-order chi connectivity index (χ0) is 17.5. The normalized spacial score (nSPS) is 10.4. The molecule has 0 unspecified atom stereocenters. The second kappa shape index (κ2) is 8.19. The average Bonchev–Trinajstić information content (AvgIpc) is 2.60. The largest absolute Gasteiger partial charge is 0.497 e. The number of carbonyl (C=O) groups is 1. The summed E-state index contributed by atoms with van der Waals surface area (Å²) in [4.78, 5) is 16.4. The molecule has 2 rings (SSSR count). The molecule has 0 aliphatic rings. The highest BCUT2D eigenvalue weighted by Crippen LogP contribution is 2.31. The molecule has 1 aromatic carbocycles. The zero-order valence-electron chi connectivity index (χ0n) is 14.4. The lowest BCUT2D eigenvalue weighted by Gasteiger charge is -2.13. The topological polar surface area (TPSA) is 72.5 Å². The van der Waals surface area contributed by atoms with Crippen LogP contribution in [0.4, 0.5) is 11.5 Å². The Balaban J connectivity index is 2.16. The molecule has 0 radical (unpaired) electrons. The second-order valence-corrected chi connectivity index (χ2v) is 5.72. The van der Waals surface area contributed by atoms with Crippen molar-refractivity contribution in [1.29, 1.82) is 0 Å². The summed E-state index contributed by atoms with van der Waals surface area (Å²) < 4.78 is 10.5. The number of anilines is 2. The van der Waals surface area contributed by atoms with E-state index in [0.717, 1.165) is 5.69 Å². The number of pyridine rings is 1. The van der Waals surface area contributed by atoms with Crippen molar-refractivity contribution in [3.63, 3.8) is 0 Å². The highest BCUT2D eigenvalue weighted by Gasteiger charge is 2.10. The molecule has 0 saturated carbocycles. The molecule has 0 aliphatic carbocycles. The molecular formula is C18H23N3O3. The van der Waals surface area contributed by atoms with Gasteiger partial charge in [-0.05, 0) is 30.2 Å². The maximum atomic E-state index is 12.2. The Kier molecular flexibility index (Phi) is 6.01. The minimum absolute atomic E-state index is 0.115. The molecule has 2 N–H and O–H groups in total. The van der Waals surface area contributed by atoms with Crippen molar-refractivity contribution < 1.29 is 14.3 Å². The summed E-state index contributed by atoms with van der Waals surface area (Å²) in [6, 6.07) is 8.84. The quantitative estimate of drug-likeness (QED) is 0.816. The fraction of sp³-hybridized carbons (Fsp3) is 0.333. The van der Waals surface area contributed by atoms with Gasteiger partial charge in [0, 0.05) is 24.4 Å². The van der Waals surface area contributed by atoms with E-state index in [1.807, 2.05) is 12.1 Å². The number of nitrogens with zero attached hydrogens (tertiary/aromatic N) is 1. The zero-order valence-corrected chi connectivity index (χ0v) is 14.4. The number of aromatic nitrogens is 1. The molecule has 0 atom stereocenters. The number of nitrogens with one attached hydrogen (secondary N) is 2. The first-order valence-electron chi connectivity index (χ1n) is 7.76. The second-order valence-electron chi connectivity index (χ2n) is 5.72. The van der Waals surface area contributed by atoms with E-state index in [4.69, 9.17) is 9.47 Å². The minimum Gasteiger partial charge on any atom is -0.497 e. The van der Waals surface area contributed by atoms with Gasteiger partial charge in [-0.1, -0.05) is 13.8 Å². The van der Waals surface area contributed by atoms with Crippen molar-refractivity contribution in [3.8, 4) is 11.5 Å². The van der Waals surface area contributed by atoms with Gasteiger partial charge in [-0.2, -0.15) is 0 Å². The van der Waals surface area contributed by atoms with E-state index in [-0.39, 0.29) is 5.91 Å². The predicted octanol–water partition coefficient (Wildman–Crippen LogP) is 3.23. The van der Waals surface area contributed by atoms with E-state index in [1.54, 1.807) is 38.6 Å². The van der Waals surface area contributed by atoms with Crippen LogP contribution >= 0.6 is 0 Å². The van der Waals surface area contributed by atoms with Gasteiger partial charge in [0.05, 0.1) is 19.9 Å². The summed E-state index contributed by atoms with van der Waals surface area (Å²) in [6.07, 6.45) is 1.60. The van der Waals surface area contributed by atoms with Crippen LogP contribution in [0.1, 0.15) is 24.2 Å². The number of hydrogen-bond acceptors (Lipinski definition) is 5. The van der Waals surface area contributed by atoms with Crippen LogP contribution in [-0.2, 0) is 0 Å². The van der Waals surface area contributed by atoms with Crippen molar-refractivity contribution >= 4 is 17.4 Å². The number of amides is 1. The Bertz CT molecular complexity index is 702.